The van der Waals surface area contributed by atoms with Crippen LogP contribution in [0.1, 0.15) is 100 Å². The van der Waals surface area contributed by atoms with Gasteiger partial charge in [0.2, 0.25) is 5.75 Å². The monoisotopic (exact) mass is 1090 g/mol. The molecule has 3 fully saturated rings. The number of rotatable bonds is 16. The molecule has 0 saturated carbocycles. The summed E-state index contributed by atoms with van der Waals surface area (Å²) in [7, 11) is 0. The topological polar surface area (TPSA) is 236 Å². The summed E-state index contributed by atoms with van der Waals surface area (Å²) < 4.78 is 48.9. The Bertz CT molecular complexity index is 1950. The van der Waals surface area contributed by atoms with Crippen LogP contribution in [0, 0.1) is 13.8 Å². The second-order valence-corrected chi connectivity index (χ2v) is 20.0. The van der Waals surface area contributed by atoms with Gasteiger partial charge in [-0.1, -0.05) is 65.8 Å². The van der Waals surface area contributed by atoms with Crippen molar-refractivity contribution in [3.63, 3.8) is 0 Å². The van der Waals surface area contributed by atoms with Crippen LogP contribution in [-0.4, -0.2) is 140 Å². The van der Waals surface area contributed by atoms with Crippen molar-refractivity contribution in [2.24, 2.45) is 0 Å². The van der Waals surface area contributed by atoms with Crippen molar-refractivity contribution in [2.75, 3.05) is 13.2 Å². The molecule has 0 radical (unpaired) electrons. The molecular weight excluding hydrogens is 1020 g/mol. The van der Waals surface area contributed by atoms with Gasteiger partial charge in [0.25, 0.3) is 0 Å². The molecule has 15 atom stereocenters. The van der Waals surface area contributed by atoms with Gasteiger partial charge < -0.3 is 14.2 Å². The molecule has 0 amide bonds. The zero-order valence-corrected chi connectivity index (χ0v) is 41.1. The Morgan fingerprint density at radius 3 is 1.38 bits per heavy atom. The van der Waals surface area contributed by atoms with E-state index in [1.165, 1.54) is 0 Å². The predicted octanol–water partition coefficient (Wildman–Crippen LogP) is 4.48. The molecule has 0 aromatic heterocycles. The molecule has 3 heterocycles. The number of aryl methyl sites for hydroxylation is 2. The molecule has 0 aliphatic carbocycles. The standard InChI is InChI=1S/C48H67O16.Re/c1-10-31-39(52)30(51)19-38(59-31)62-45-36(20-49)60-48(42(55)40(45)53)64-46-37(21-50)61-47(43(56)41(46)54)63-44-34(57-32-13-11-27(22(2)3)15-25(32)8)17-29(24(6)7)18-35(44)58-33-14-12-28(23(4)5)16-26(33)9;/h11-19,22-24,30-31,36-43,45-56H,10,20-21H2,1-9H3;/t30-,31-,36-,37-,38+,39-,40-,41-,42-,43-,45-,46-,47+,48+;/m1./s1. The van der Waals surface area contributed by atoms with Crippen molar-refractivity contribution in [1.29, 1.82) is 0 Å². The van der Waals surface area contributed by atoms with Crippen LogP contribution in [0.2, 0.25) is 4.39 Å². The predicted molar refractivity (Wildman–Crippen MR) is 232 cm³/mol. The van der Waals surface area contributed by atoms with Gasteiger partial charge in [-0.25, -0.2) is 0 Å². The zero-order chi connectivity index (χ0) is 47.6. The molecule has 0 bridgehead atoms. The van der Waals surface area contributed by atoms with Gasteiger partial charge in [0.15, 0.2) is 11.5 Å². The Labute approximate surface area is 391 Å². The molecule has 3 saturated heterocycles. The molecule has 6 rings (SSSR count). The third kappa shape index (κ3) is 11.4. The molecule has 8 N–H and O–H groups in total. The number of aliphatic hydroxyl groups excluding tert-OH is 8. The maximum absolute atomic E-state index is 11.7. The fourth-order valence-electron chi connectivity index (χ4n) is 8.15. The van der Waals surface area contributed by atoms with Crippen LogP contribution < -0.4 is 14.2 Å². The Hall–Kier alpha value is -2.80. The molecule has 65 heavy (non-hydrogen) atoms. The summed E-state index contributed by atoms with van der Waals surface area (Å²) in [5.74, 6) is 2.17. The van der Waals surface area contributed by atoms with Crippen molar-refractivity contribution < 1.29 is 97.9 Å². The molecule has 3 aromatic rings. The Balaban J connectivity index is 1.27. The van der Waals surface area contributed by atoms with E-state index in [4.69, 9.17) is 37.9 Å². The number of aliphatic hydroxyl groups is 8. The Morgan fingerprint density at radius 1 is 0.523 bits per heavy atom. The van der Waals surface area contributed by atoms with Gasteiger partial charge in [-0.05, 0) is 83.7 Å². The van der Waals surface area contributed by atoms with E-state index in [2.05, 4.69) is 27.7 Å². The van der Waals surface area contributed by atoms with Crippen LogP contribution in [-0.2, 0) is 42.9 Å². The molecule has 0 unspecified atom stereocenters. The summed E-state index contributed by atoms with van der Waals surface area (Å²) in [6, 6.07) is 15.5. The van der Waals surface area contributed by atoms with Crippen LogP contribution in [0.3, 0.4) is 0 Å². The molecule has 362 valence electrons. The van der Waals surface area contributed by atoms with Crippen molar-refractivity contribution in [3.05, 3.63) is 76.3 Å². The van der Waals surface area contributed by atoms with Gasteiger partial charge in [0, 0.05) is 0 Å². The second-order valence-electron chi connectivity index (χ2n) is 18.2. The molecule has 17 heteroatoms. The summed E-state index contributed by atoms with van der Waals surface area (Å²) in [5, 5.41) is 88.1. The van der Waals surface area contributed by atoms with Gasteiger partial charge in [-0.3, -0.25) is 0 Å². The van der Waals surface area contributed by atoms with Crippen LogP contribution in [0.15, 0.2) is 48.5 Å². The molecule has 3 aromatic carbocycles. The number of hydrogen-bond donors (Lipinski definition) is 8. The average Bonchev–Trinajstić information content (AvgIpc) is 3.27. The van der Waals surface area contributed by atoms with Crippen molar-refractivity contribution >= 4 is 0 Å². The number of ether oxygens (including phenoxy) is 8. The molecule has 3 aliphatic rings. The maximum atomic E-state index is 11.7. The van der Waals surface area contributed by atoms with Gasteiger partial charge in [-0.15, -0.1) is 0 Å². The average molecular weight is 1090 g/mol. The van der Waals surface area contributed by atoms with Crippen LogP contribution in [0.5, 0.6) is 28.7 Å². The number of benzene rings is 3. The van der Waals surface area contributed by atoms with E-state index in [0.29, 0.717) is 17.9 Å². The van der Waals surface area contributed by atoms with E-state index < -0.39 is 104 Å². The summed E-state index contributed by atoms with van der Waals surface area (Å²) in [4.78, 5) is 0. The van der Waals surface area contributed by atoms with Crippen LogP contribution >= 0.6 is 0 Å². The van der Waals surface area contributed by atoms with E-state index in [-0.39, 0.29) is 35.0 Å². The zero-order valence-electron chi connectivity index (χ0n) is 38.4. The van der Waals surface area contributed by atoms with E-state index in [9.17, 15) is 40.9 Å². The minimum atomic E-state index is -1.85. The van der Waals surface area contributed by atoms with Crippen molar-refractivity contribution in [1.82, 2.24) is 0 Å². The molecule has 16 nitrogen and oxygen atoms in total. The fraction of sp³-hybridized carbons (Fsp3) is 0.625. The van der Waals surface area contributed by atoms with E-state index in [1.54, 1.807) is 6.92 Å². The third-order valence-electron chi connectivity index (χ3n) is 12.4. The van der Waals surface area contributed by atoms with Crippen LogP contribution in [0.4, 0.5) is 0 Å². The van der Waals surface area contributed by atoms with Gasteiger partial charge in [0.05, 0.1) is 0 Å². The van der Waals surface area contributed by atoms with E-state index in [1.807, 2.05) is 76.2 Å². The first-order valence-electron chi connectivity index (χ1n) is 22.4. The minimum absolute atomic E-state index is 0.0147. The summed E-state index contributed by atoms with van der Waals surface area (Å²) >= 11 is 1.08. The van der Waals surface area contributed by atoms with Gasteiger partial charge in [0.1, 0.15) is 11.5 Å². The summed E-state index contributed by atoms with van der Waals surface area (Å²) in [5.41, 5.74) is 4.84. The van der Waals surface area contributed by atoms with Crippen molar-refractivity contribution in [3.8, 4) is 28.7 Å². The quantitative estimate of drug-likeness (QED) is 0.0988. The van der Waals surface area contributed by atoms with E-state index in [0.717, 1.165) is 47.0 Å². The Kier molecular flexibility index (Phi) is 17.5. The normalized spacial score (nSPS) is 33.2. The number of hydrogen-bond acceptors (Lipinski definition) is 16. The first kappa shape index (κ1) is 51.6. The van der Waals surface area contributed by atoms with E-state index >= 15 is 0 Å². The fourth-order valence-corrected chi connectivity index (χ4v) is 9.11. The second kappa shape index (κ2) is 22.1. The molecular formula is C48H67O16Re. The van der Waals surface area contributed by atoms with Crippen LogP contribution in [0.25, 0.3) is 0 Å². The molecule has 0 spiro atoms. The third-order valence-corrected chi connectivity index (χ3v) is 14.0. The first-order chi connectivity index (χ1) is 30.8. The summed E-state index contributed by atoms with van der Waals surface area (Å²) in [6.45, 7) is 16.6. The SMILES string of the molecule is CC[C@H]1O[C@@H](O[C@H]2[C@H](O)[C@@H](O)[C@H](O[C@H]3[C@H](O)[C@@H](O)[C@H](Oc4c(Oc5ccc(C(C)C)cc5C)cc(C(C)C)cc4Oc4ccc(C(C)C)cc4C)O[C@@H]3CO)O[C@@H]2CO)[C@H]([Re])[C@@H](O)[C@H]1O. The summed E-state index contributed by atoms with van der Waals surface area (Å²) in [6.07, 6.45) is -20.2. The molecule has 3 aliphatic heterocycles. The Morgan fingerprint density at radius 2 is 0.954 bits per heavy atom. The van der Waals surface area contributed by atoms with Crippen molar-refractivity contribution in [2.45, 2.75) is 177 Å². The first-order valence-corrected chi connectivity index (χ1v) is 24.0. The van der Waals surface area contributed by atoms with Gasteiger partial charge >= 0.3 is 201 Å². The van der Waals surface area contributed by atoms with Gasteiger partial charge in [-0.2, -0.15) is 0 Å².